The number of fused-ring (bicyclic) bond motifs is 1. The third-order valence-corrected chi connectivity index (χ3v) is 9.42. The molecule has 0 spiro atoms. The molecule has 0 heterocycles. The molecule has 0 aliphatic carbocycles. The van der Waals surface area contributed by atoms with Crippen molar-refractivity contribution in [3.63, 3.8) is 0 Å². The average molecular weight is 657 g/mol. The summed E-state index contributed by atoms with van der Waals surface area (Å²) in [6.07, 6.45) is 0. The van der Waals surface area contributed by atoms with Gasteiger partial charge in [-0.2, -0.15) is 16.8 Å². The second-order valence-electron chi connectivity index (χ2n) is 8.83. The van der Waals surface area contributed by atoms with Crippen LogP contribution in [0.25, 0.3) is 10.8 Å². The van der Waals surface area contributed by atoms with Gasteiger partial charge in [0.05, 0.1) is 22.1 Å². The quantitative estimate of drug-likeness (QED) is 0.105. The molecule has 4 aromatic carbocycles. The van der Waals surface area contributed by atoms with Gasteiger partial charge in [-0.1, -0.05) is 24.3 Å². The van der Waals surface area contributed by atoms with E-state index >= 15 is 0 Å². The number of amides is 1. The first-order valence-corrected chi connectivity index (χ1v) is 17.0. The zero-order chi connectivity index (χ0) is 31.3. The van der Waals surface area contributed by atoms with Gasteiger partial charge in [-0.15, -0.1) is 11.6 Å². The zero-order valence-corrected chi connectivity index (χ0v) is 24.7. The molecule has 0 aromatic heterocycles. The summed E-state index contributed by atoms with van der Waals surface area (Å²) < 4.78 is 85.3. The largest absolute Gasteiger partial charge is 0.508 e. The number of phenolic OH excluding ortho intramolecular Hbond substituents is 1. The van der Waals surface area contributed by atoms with E-state index in [9.17, 15) is 35.2 Å². The van der Waals surface area contributed by atoms with Gasteiger partial charge >= 0.3 is 0 Å². The Labute approximate surface area is 247 Å². The molecule has 0 aliphatic rings. The van der Waals surface area contributed by atoms with Crippen LogP contribution in [0.15, 0.2) is 88.7 Å². The van der Waals surface area contributed by atoms with Crippen molar-refractivity contribution in [2.75, 3.05) is 22.7 Å². The molecule has 0 unspecified atom stereocenters. The fourth-order valence-corrected chi connectivity index (χ4v) is 6.53. The van der Waals surface area contributed by atoms with Crippen LogP contribution in [-0.2, 0) is 35.8 Å². The van der Waals surface area contributed by atoms with E-state index in [-0.39, 0.29) is 45.0 Å². The van der Waals surface area contributed by atoms with Crippen LogP contribution in [0, 0.1) is 0 Å². The summed E-state index contributed by atoms with van der Waals surface area (Å²) in [5, 5.41) is 13.1. The molecule has 0 atom stereocenters. The maximum atomic E-state index is 12.3. The van der Waals surface area contributed by atoms with Crippen molar-refractivity contribution in [2.45, 2.75) is 15.5 Å². The van der Waals surface area contributed by atoms with Crippen LogP contribution in [0.3, 0.4) is 0 Å². The van der Waals surface area contributed by atoms with E-state index in [1.165, 1.54) is 66.7 Å². The second-order valence-corrected chi connectivity index (χ2v) is 14.2. The highest BCUT2D eigenvalue weighted by Crippen LogP contribution is 2.24. The number of hydrogen-bond acceptors (Lipinski definition) is 9. The number of carbonyl (C=O) groups excluding carboxylic acids is 1. The van der Waals surface area contributed by atoms with E-state index < -0.39 is 40.9 Å². The Morgan fingerprint density at radius 3 is 1.98 bits per heavy atom. The Bertz CT molecular complexity index is 1950. The number of halogens is 1. The fraction of sp³-hybridized carbons (Fsp3) is 0.115. The lowest BCUT2D eigenvalue weighted by atomic mass is 10.1. The van der Waals surface area contributed by atoms with Crippen LogP contribution >= 0.6 is 11.6 Å². The maximum Gasteiger partial charge on any atom is 0.296 e. The molecule has 16 heteroatoms. The molecule has 0 bridgehead atoms. The minimum absolute atomic E-state index is 0.0162. The molecule has 4 rings (SSSR count). The molecule has 6 N–H and O–H groups in total. The Morgan fingerprint density at radius 2 is 1.40 bits per heavy atom. The van der Waals surface area contributed by atoms with Crippen molar-refractivity contribution in [1.82, 2.24) is 0 Å². The zero-order valence-electron chi connectivity index (χ0n) is 21.5. The van der Waals surface area contributed by atoms with Gasteiger partial charge in [0.2, 0.25) is 0 Å². The first kappa shape index (κ1) is 32.8. The molecule has 0 saturated carbocycles. The van der Waals surface area contributed by atoms with Crippen LogP contribution in [0.1, 0.15) is 15.9 Å². The van der Waals surface area contributed by atoms with E-state index in [0.29, 0.717) is 16.3 Å². The van der Waals surface area contributed by atoms with E-state index in [2.05, 4.69) is 5.32 Å². The van der Waals surface area contributed by atoms with Crippen LogP contribution in [0.2, 0.25) is 0 Å². The summed E-state index contributed by atoms with van der Waals surface area (Å²) in [7, 11) is -11.9. The molecule has 0 radical (unpaired) electrons. The van der Waals surface area contributed by atoms with Crippen molar-refractivity contribution < 1.29 is 44.3 Å². The maximum absolute atomic E-state index is 12.3. The van der Waals surface area contributed by atoms with Crippen molar-refractivity contribution in [2.24, 2.45) is 0 Å². The second kappa shape index (κ2) is 13.1. The minimum atomic E-state index is -4.45. The predicted molar refractivity (Wildman–Crippen MR) is 159 cm³/mol. The first-order valence-electron chi connectivity index (χ1n) is 11.7. The van der Waals surface area contributed by atoms with E-state index in [1.54, 1.807) is 6.07 Å². The molecular formula is C26H25ClN2O10S3. The highest BCUT2D eigenvalue weighted by molar-refractivity contribution is 7.90. The molecule has 4 aromatic rings. The van der Waals surface area contributed by atoms with Gasteiger partial charge in [-0.25, -0.2) is 8.42 Å². The third-order valence-electron chi connectivity index (χ3n) is 5.63. The number of nitrogens with one attached hydrogen (secondary N) is 1. The number of phenols is 1. The lowest BCUT2D eigenvalue weighted by molar-refractivity contribution is 0.102. The number of aromatic hydroxyl groups is 1. The summed E-state index contributed by atoms with van der Waals surface area (Å²) in [5.74, 6) is -0.665. The van der Waals surface area contributed by atoms with Crippen LogP contribution in [0.5, 0.6) is 5.75 Å². The van der Waals surface area contributed by atoms with Gasteiger partial charge in [-0.3, -0.25) is 13.9 Å². The molecule has 1 amide bonds. The summed E-state index contributed by atoms with van der Waals surface area (Å²) in [6.45, 7) is 0. The fourth-order valence-electron chi connectivity index (χ4n) is 3.63. The monoisotopic (exact) mass is 656 g/mol. The van der Waals surface area contributed by atoms with Crippen LogP contribution in [0.4, 0.5) is 11.4 Å². The number of nitrogens with two attached hydrogens (primary N) is 1. The van der Waals surface area contributed by atoms with E-state index in [4.69, 9.17) is 26.4 Å². The minimum Gasteiger partial charge on any atom is -0.508 e. The molecule has 12 nitrogen and oxygen atoms in total. The summed E-state index contributed by atoms with van der Waals surface area (Å²) in [4.78, 5) is 11.6. The standard InChI is InChI=1S/C16H17ClN2O6S2.C10H8O4S/c17-7-8-26(21,22)10-11-1-3-12(4-2-11)16(20)19-13-5-6-15(14(18)9-13)27(23,24)25;11-9-3-1-8-6-10(15(12,13)14)4-2-7(8)5-9/h1-6,9H,7-8,10,18H2,(H,19,20)(H,23,24,25);1-6,11H,(H,12,13,14). The van der Waals surface area contributed by atoms with E-state index in [0.717, 1.165) is 6.07 Å². The highest BCUT2D eigenvalue weighted by Gasteiger charge is 2.16. The molecule has 0 saturated heterocycles. The predicted octanol–water partition coefficient (Wildman–Crippen LogP) is 3.71. The number of alkyl halides is 1. The summed E-state index contributed by atoms with van der Waals surface area (Å²) in [6, 6.07) is 18.3. The number of carbonyl (C=O) groups is 1. The SMILES string of the molecule is Nc1cc(NC(=O)c2ccc(CS(=O)(=O)CCCl)cc2)ccc1S(=O)(=O)O.O=S(=O)(O)c1ccc2cc(O)ccc2c1. The molecule has 224 valence electrons. The van der Waals surface area contributed by atoms with Gasteiger partial charge in [0.1, 0.15) is 10.6 Å². The van der Waals surface area contributed by atoms with Crippen LogP contribution < -0.4 is 11.1 Å². The van der Waals surface area contributed by atoms with Crippen molar-refractivity contribution in [3.8, 4) is 5.75 Å². The van der Waals surface area contributed by atoms with Gasteiger partial charge in [0.15, 0.2) is 9.84 Å². The number of benzene rings is 4. The third kappa shape index (κ3) is 9.14. The molecule has 42 heavy (non-hydrogen) atoms. The Hall–Kier alpha value is -3.73. The number of sulfone groups is 1. The number of nitrogen functional groups attached to an aromatic ring is 1. The first-order chi connectivity index (χ1) is 19.5. The average Bonchev–Trinajstić information content (AvgIpc) is 2.87. The Kier molecular flexibility index (Phi) is 10.2. The number of rotatable bonds is 8. The van der Waals surface area contributed by atoms with Crippen molar-refractivity contribution in [1.29, 1.82) is 0 Å². The van der Waals surface area contributed by atoms with Crippen molar-refractivity contribution >= 4 is 69.7 Å². The topological polar surface area (TPSA) is 218 Å². The Morgan fingerprint density at radius 1 is 0.786 bits per heavy atom. The smallest absolute Gasteiger partial charge is 0.296 e. The van der Waals surface area contributed by atoms with Crippen molar-refractivity contribution in [3.05, 3.63) is 90.0 Å². The summed E-state index contributed by atoms with van der Waals surface area (Å²) in [5.41, 5.74) is 6.39. The van der Waals surface area contributed by atoms with Gasteiger partial charge in [0, 0.05) is 17.1 Å². The number of anilines is 2. The van der Waals surface area contributed by atoms with E-state index in [1.807, 2.05) is 0 Å². The number of hydrogen-bond donors (Lipinski definition) is 5. The van der Waals surface area contributed by atoms with Gasteiger partial charge in [0.25, 0.3) is 26.1 Å². The van der Waals surface area contributed by atoms with Gasteiger partial charge < -0.3 is 16.2 Å². The lowest BCUT2D eigenvalue weighted by Gasteiger charge is -2.09. The summed E-state index contributed by atoms with van der Waals surface area (Å²) >= 11 is 5.45. The molecule has 0 fully saturated rings. The highest BCUT2D eigenvalue weighted by atomic mass is 35.5. The Balaban J connectivity index is 0.000000271. The van der Waals surface area contributed by atoms with Crippen LogP contribution in [-0.4, -0.2) is 57.0 Å². The van der Waals surface area contributed by atoms with Gasteiger partial charge in [-0.05, 0) is 70.9 Å². The molecular weight excluding hydrogens is 632 g/mol. The molecule has 0 aliphatic heterocycles. The normalized spacial score (nSPS) is 11.9. The lowest BCUT2D eigenvalue weighted by Crippen LogP contribution is -2.13.